The topological polar surface area (TPSA) is 72.2 Å². The van der Waals surface area contributed by atoms with Gasteiger partial charge in [-0.3, -0.25) is 0 Å². The van der Waals surface area contributed by atoms with Crippen molar-refractivity contribution in [2.45, 2.75) is 30.7 Å². The maximum Gasteiger partial charge on any atom is 0.246 e. The van der Waals surface area contributed by atoms with Crippen molar-refractivity contribution in [2.24, 2.45) is 5.73 Å². The molecule has 0 bridgehead atoms. The van der Waals surface area contributed by atoms with E-state index in [2.05, 4.69) is 4.72 Å². The van der Waals surface area contributed by atoms with Crippen LogP contribution in [-0.2, 0) is 10.0 Å². The van der Waals surface area contributed by atoms with Gasteiger partial charge in [-0.15, -0.1) is 0 Å². The highest BCUT2D eigenvalue weighted by atomic mass is 32.2. The molecule has 0 saturated heterocycles. The van der Waals surface area contributed by atoms with Crippen LogP contribution in [0.5, 0.6) is 0 Å². The van der Waals surface area contributed by atoms with E-state index < -0.39 is 38.4 Å². The van der Waals surface area contributed by atoms with Gasteiger partial charge in [-0.1, -0.05) is 13.3 Å². The minimum Gasteiger partial charge on any atom is -0.329 e. The molecule has 0 aliphatic carbocycles. The van der Waals surface area contributed by atoms with Crippen molar-refractivity contribution in [2.75, 3.05) is 6.54 Å². The van der Waals surface area contributed by atoms with Crippen LogP contribution in [0.25, 0.3) is 0 Å². The Morgan fingerprint density at radius 3 is 2.21 bits per heavy atom. The first-order chi connectivity index (χ1) is 8.81. The van der Waals surface area contributed by atoms with Gasteiger partial charge in [-0.25, -0.2) is 26.3 Å². The van der Waals surface area contributed by atoms with Gasteiger partial charge in [0.1, 0.15) is 17.5 Å². The molecule has 1 atom stereocenters. The molecule has 0 spiro atoms. The molecule has 1 aromatic rings. The average molecular weight is 296 g/mol. The number of hydrogen-bond acceptors (Lipinski definition) is 3. The summed E-state index contributed by atoms with van der Waals surface area (Å²) >= 11 is 0. The second-order valence-electron chi connectivity index (χ2n) is 4.04. The van der Waals surface area contributed by atoms with Crippen LogP contribution in [0.2, 0.25) is 0 Å². The van der Waals surface area contributed by atoms with Crippen molar-refractivity contribution in [3.63, 3.8) is 0 Å². The lowest BCUT2D eigenvalue weighted by Crippen LogP contribution is -2.40. The van der Waals surface area contributed by atoms with Gasteiger partial charge in [-0.05, 0) is 6.42 Å². The molecule has 19 heavy (non-hydrogen) atoms. The van der Waals surface area contributed by atoms with Crippen molar-refractivity contribution in [1.82, 2.24) is 4.72 Å². The zero-order chi connectivity index (χ0) is 14.6. The zero-order valence-corrected chi connectivity index (χ0v) is 11.1. The molecule has 0 amide bonds. The number of halogens is 3. The first kappa shape index (κ1) is 15.9. The summed E-state index contributed by atoms with van der Waals surface area (Å²) in [6.45, 7) is 1.81. The van der Waals surface area contributed by atoms with E-state index in [9.17, 15) is 21.6 Å². The molecule has 0 aliphatic heterocycles. The molecule has 108 valence electrons. The number of benzene rings is 1. The van der Waals surface area contributed by atoms with Crippen molar-refractivity contribution in [3.05, 3.63) is 29.6 Å². The third-order valence-corrected chi connectivity index (χ3v) is 4.05. The summed E-state index contributed by atoms with van der Waals surface area (Å²) in [6, 6.07) is 0.00274. The molecule has 0 radical (unpaired) electrons. The molecule has 8 heteroatoms. The molecule has 0 fully saturated rings. The van der Waals surface area contributed by atoms with Crippen molar-refractivity contribution < 1.29 is 21.6 Å². The van der Waals surface area contributed by atoms with Gasteiger partial charge in [0.05, 0.1) is 0 Å². The first-order valence-electron chi connectivity index (χ1n) is 5.68. The van der Waals surface area contributed by atoms with E-state index >= 15 is 0 Å². The highest BCUT2D eigenvalue weighted by molar-refractivity contribution is 7.89. The van der Waals surface area contributed by atoms with Gasteiger partial charge in [0.25, 0.3) is 0 Å². The average Bonchev–Trinajstić information content (AvgIpc) is 2.25. The van der Waals surface area contributed by atoms with Gasteiger partial charge >= 0.3 is 0 Å². The lowest BCUT2D eigenvalue weighted by atomic mass is 10.2. The predicted molar refractivity (Wildman–Crippen MR) is 64.4 cm³/mol. The summed E-state index contributed by atoms with van der Waals surface area (Å²) in [4.78, 5) is -1.19. The van der Waals surface area contributed by atoms with E-state index in [0.717, 1.165) is 0 Å². The number of hydrogen-bond donors (Lipinski definition) is 2. The largest absolute Gasteiger partial charge is 0.329 e. The normalized spacial score (nSPS) is 13.5. The van der Waals surface area contributed by atoms with Crippen LogP contribution < -0.4 is 10.5 Å². The van der Waals surface area contributed by atoms with Crippen LogP contribution in [-0.4, -0.2) is 21.0 Å². The Labute approximate surface area is 109 Å². The van der Waals surface area contributed by atoms with Crippen LogP contribution in [0.1, 0.15) is 19.8 Å². The fourth-order valence-corrected chi connectivity index (χ4v) is 3.04. The molecule has 0 heterocycles. The number of nitrogens with one attached hydrogen (secondary N) is 1. The second kappa shape index (κ2) is 6.36. The molecular formula is C11H15F3N2O2S. The summed E-state index contributed by atoms with van der Waals surface area (Å²) in [5.74, 6) is -4.13. The summed E-state index contributed by atoms with van der Waals surface area (Å²) in [5.41, 5.74) is 5.37. The van der Waals surface area contributed by atoms with Gasteiger partial charge in [0.15, 0.2) is 4.90 Å². The van der Waals surface area contributed by atoms with Crippen molar-refractivity contribution in [1.29, 1.82) is 0 Å². The molecule has 0 saturated carbocycles. The maximum absolute atomic E-state index is 13.4. The molecule has 1 rings (SSSR count). The molecule has 4 nitrogen and oxygen atoms in total. The third kappa shape index (κ3) is 3.92. The van der Waals surface area contributed by atoms with E-state index in [-0.39, 0.29) is 6.54 Å². The van der Waals surface area contributed by atoms with E-state index in [4.69, 9.17) is 5.73 Å². The highest BCUT2D eigenvalue weighted by Gasteiger charge is 2.27. The Morgan fingerprint density at radius 1 is 1.26 bits per heavy atom. The predicted octanol–water partition coefficient (Wildman–Crippen LogP) is 1.51. The van der Waals surface area contributed by atoms with Crippen molar-refractivity contribution in [3.8, 4) is 0 Å². The van der Waals surface area contributed by atoms with Crippen LogP contribution in [0, 0.1) is 17.5 Å². The Bertz CT molecular complexity index is 526. The standard InChI is InChI=1S/C11H15F3N2O2S/c1-2-3-8(6-15)16-19(17,18)11-9(13)4-7(12)5-10(11)14/h4-5,8,16H,2-3,6,15H2,1H3. The molecule has 0 aliphatic rings. The lowest BCUT2D eigenvalue weighted by molar-refractivity contribution is 0.484. The molecule has 1 unspecified atom stereocenters. The van der Waals surface area contributed by atoms with E-state index in [1.807, 2.05) is 6.92 Å². The zero-order valence-electron chi connectivity index (χ0n) is 10.3. The molecule has 0 aromatic heterocycles. The lowest BCUT2D eigenvalue weighted by Gasteiger charge is -2.16. The maximum atomic E-state index is 13.4. The van der Waals surface area contributed by atoms with Gasteiger partial charge in [0.2, 0.25) is 10.0 Å². The van der Waals surface area contributed by atoms with E-state index in [0.29, 0.717) is 25.0 Å². The SMILES string of the molecule is CCCC(CN)NS(=O)(=O)c1c(F)cc(F)cc1F. The first-order valence-corrected chi connectivity index (χ1v) is 7.17. The van der Waals surface area contributed by atoms with Crippen LogP contribution in [0.3, 0.4) is 0 Å². The van der Waals surface area contributed by atoms with Crippen molar-refractivity contribution >= 4 is 10.0 Å². The Morgan fingerprint density at radius 2 is 1.79 bits per heavy atom. The highest BCUT2D eigenvalue weighted by Crippen LogP contribution is 2.20. The number of rotatable bonds is 6. The van der Waals surface area contributed by atoms with E-state index in [1.165, 1.54) is 0 Å². The molecular weight excluding hydrogens is 281 g/mol. The monoisotopic (exact) mass is 296 g/mol. The van der Waals surface area contributed by atoms with Gasteiger partial charge < -0.3 is 5.73 Å². The summed E-state index contributed by atoms with van der Waals surface area (Å²) in [6.07, 6.45) is 1.08. The minimum absolute atomic E-state index is 0.00248. The molecule has 1 aromatic carbocycles. The summed E-state index contributed by atoms with van der Waals surface area (Å²) in [7, 11) is -4.42. The summed E-state index contributed by atoms with van der Waals surface area (Å²) in [5, 5.41) is 0. The Balaban J connectivity index is 3.14. The Hall–Kier alpha value is -1.12. The number of nitrogens with two attached hydrogens (primary N) is 1. The quantitative estimate of drug-likeness (QED) is 0.836. The Kier molecular flexibility index (Phi) is 5.33. The summed E-state index contributed by atoms with van der Waals surface area (Å²) < 4.78 is 65.4. The molecule has 3 N–H and O–H groups in total. The van der Waals surface area contributed by atoms with E-state index in [1.54, 1.807) is 0 Å². The van der Waals surface area contributed by atoms with Crippen LogP contribution >= 0.6 is 0 Å². The van der Waals surface area contributed by atoms with Gasteiger partial charge in [-0.2, -0.15) is 0 Å². The fourth-order valence-electron chi connectivity index (χ4n) is 1.64. The fraction of sp³-hybridized carbons (Fsp3) is 0.455. The van der Waals surface area contributed by atoms with Gasteiger partial charge in [0, 0.05) is 24.7 Å². The second-order valence-corrected chi connectivity index (χ2v) is 5.69. The van der Waals surface area contributed by atoms with Crippen LogP contribution in [0.15, 0.2) is 17.0 Å². The van der Waals surface area contributed by atoms with Crippen LogP contribution in [0.4, 0.5) is 13.2 Å². The number of sulfonamides is 1. The third-order valence-electron chi connectivity index (χ3n) is 2.48. The smallest absolute Gasteiger partial charge is 0.246 e. The minimum atomic E-state index is -4.42.